The number of nitrogens with one attached hydrogen (secondary N) is 2. The molecule has 1 atom stereocenters. The van der Waals surface area contributed by atoms with Crippen LogP contribution in [-0.2, 0) is 9.59 Å². The molecule has 0 radical (unpaired) electrons. The summed E-state index contributed by atoms with van der Waals surface area (Å²) in [6.45, 7) is 4.02. The predicted molar refractivity (Wildman–Crippen MR) is 140 cm³/mol. The SMILES string of the molecule is CC(C)C[C@H](N)C(=O)Nc1ccc(Cl)c(N=C2NC(=O)C(=Cc3ccc4ncccc4c3)S2)c1. The monoisotopic (exact) mass is 493 g/mol. The summed E-state index contributed by atoms with van der Waals surface area (Å²) in [5.41, 5.74) is 8.70. The third kappa shape index (κ3) is 5.83. The van der Waals surface area contributed by atoms with Crippen molar-refractivity contribution < 1.29 is 9.59 Å². The van der Waals surface area contributed by atoms with Gasteiger partial charge in [-0.25, -0.2) is 4.99 Å². The highest BCUT2D eigenvalue weighted by molar-refractivity contribution is 8.18. The van der Waals surface area contributed by atoms with Crippen molar-refractivity contribution >= 4 is 68.7 Å². The van der Waals surface area contributed by atoms with E-state index in [9.17, 15) is 9.59 Å². The Hall–Kier alpha value is -3.20. The van der Waals surface area contributed by atoms with Gasteiger partial charge in [0.2, 0.25) is 5.91 Å². The largest absolute Gasteiger partial charge is 0.325 e. The maximum Gasteiger partial charge on any atom is 0.264 e. The summed E-state index contributed by atoms with van der Waals surface area (Å²) in [6, 6.07) is 14.0. The molecule has 4 N–H and O–H groups in total. The van der Waals surface area contributed by atoms with Gasteiger partial charge in [0.1, 0.15) is 0 Å². The molecule has 1 fully saturated rings. The standard InChI is InChI=1S/C25H24ClN5O2S/c1-14(2)10-19(27)23(32)29-17-6-7-18(26)21(13-17)30-25-31-24(33)22(34-25)12-15-5-8-20-16(11-15)4-3-9-28-20/h3-9,11-14,19H,10,27H2,1-2H3,(H,29,32)(H,30,31,33)/t19-/m0/s1. The average molecular weight is 494 g/mol. The van der Waals surface area contributed by atoms with Crippen molar-refractivity contribution in [3.8, 4) is 0 Å². The van der Waals surface area contributed by atoms with Gasteiger partial charge < -0.3 is 16.4 Å². The number of nitrogens with zero attached hydrogens (tertiary/aromatic N) is 2. The lowest BCUT2D eigenvalue weighted by Gasteiger charge is -2.14. The second kappa shape index (κ2) is 10.4. The summed E-state index contributed by atoms with van der Waals surface area (Å²) in [4.78, 5) is 34.2. The van der Waals surface area contributed by atoms with Gasteiger partial charge in [-0.1, -0.05) is 37.6 Å². The van der Waals surface area contributed by atoms with Crippen LogP contribution in [0.25, 0.3) is 17.0 Å². The van der Waals surface area contributed by atoms with Crippen molar-refractivity contribution in [2.45, 2.75) is 26.3 Å². The number of aliphatic imine (C=N–C) groups is 1. The molecule has 2 aromatic carbocycles. The van der Waals surface area contributed by atoms with E-state index in [0.717, 1.165) is 16.5 Å². The predicted octanol–water partition coefficient (Wildman–Crippen LogP) is 5.09. The van der Waals surface area contributed by atoms with Crippen LogP contribution in [0.4, 0.5) is 11.4 Å². The van der Waals surface area contributed by atoms with Crippen LogP contribution in [0.5, 0.6) is 0 Å². The molecule has 1 aromatic heterocycles. The highest BCUT2D eigenvalue weighted by atomic mass is 35.5. The van der Waals surface area contributed by atoms with E-state index in [1.807, 2.05) is 50.3 Å². The fourth-order valence-electron chi connectivity index (χ4n) is 3.45. The van der Waals surface area contributed by atoms with Crippen LogP contribution in [0.3, 0.4) is 0 Å². The van der Waals surface area contributed by atoms with Crippen LogP contribution < -0.4 is 16.4 Å². The normalized spacial score (nSPS) is 16.9. The van der Waals surface area contributed by atoms with E-state index in [0.29, 0.717) is 38.8 Å². The van der Waals surface area contributed by atoms with Gasteiger partial charge in [-0.05, 0) is 72.1 Å². The number of aromatic nitrogens is 1. The number of rotatable bonds is 6. The van der Waals surface area contributed by atoms with Crippen LogP contribution in [-0.4, -0.2) is 28.0 Å². The number of benzene rings is 2. The Balaban J connectivity index is 1.51. The van der Waals surface area contributed by atoms with Gasteiger partial charge in [0, 0.05) is 17.3 Å². The quantitative estimate of drug-likeness (QED) is 0.414. The zero-order valence-electron chi connectivity index (χ0n) is 18.7. The molecule has 3 aromatic rings. The highest BCUT2D eigenvalue weighted by Crippen LogP contribution is 2.33. The van der Waals surface area contributed by atoms with Gasteiger partial charge in [0.15, 0.2) is 5.17 Å². The Morgan fingerprint density at radius 1 is 1.26 bits per heavy atom. The van der Waals surface area contributed by atoms with E-state index in [1.54, 1.807) is 24.4 Å². The molecule has 0 aliphatic carbocycles. The smallest absolute Gasteiger partial charge is 0.264 e. The number of hydrogen-bond donors (Lipinski definition) is 3. The third-order valence-electron chi connectivity index (χ3n) is 5.07. The van der Waals surface area contributed by atoms with E-state index < -0.39 is 6.04 Å². The van der Waals surface area contributed by atoms with Crippen molar-refractivity contribution in [2.75, 3.05) is 5.32 Å². The molecule has 174 valence electrons. The minimum absolute atomic E-state index is 0.240. The second-order valence-electron chi connectivity index (χ2n) is 8.33. The van der Waals surface area contributed by atoms with Gasteiger partial charge in [-0.15, -0.1) is 0 Å². The minimum Gasteiger partial charge on any atom is -0.325 e. The molecule has 0 saturated carbocycles. The average Bonchev–Trinajstić information content (AvgIpc) is 3.14. The molecule has 7 nitrogen and oxygen atoms in total. The van der Waals surface area contributed by atoms with E-state index in [1.165, 1.54) is 11.8 Å². The molecule has 2 heterocycles. The summed E-state index contributed by atoms with van der Waals surface area (Å²) < 4.78 is 0. The fraction of sp³-hybridized carbons (Fsp3) is 0.200. The number of halogens is 1. The Kier molecular flexibility index (Phi) is 7.31. The van der Waals surface area contributed by atoms with Gasteiger partial charge >= 0.3 is 0 Å². The first-order valence-electron chi connectivity index (χ1n) is 10.8. The lowest BCUT2D eigenvalue weighted by molar-refractivity contribution is -0.117. The maximum absolute atomic E-state index is 12.5. The Labute approximate surface area is 206 Å². The van der Waals surface area contributed by atoms with Crippen LogP contribution in [0.15, 0.2) is 64.6 Å². The Morgan fingerprint density at radius 3 is 2.88 bits per heavy atom. The first kappa shape index (κ1) is 23.9. The van der Waals surface area contributed by atoms with Gasteiger partial charge in [0.25, 0.3) is 5.91 Å². The number of carbonyl (C=O) groups excluding carboxylic acids is 2. The molecule has 9 heteroatoms. The maximum atomic E-state index is 12.5. The summed E-state index contributed by atoms with van der Waals surface area (Å²) in [7, 11) is 0. The van der Waals surface area contributed by atoms with Crippen LogP contribution in [0.2, 0.25) is 5.02 Å². The molecule has 4 rings (SSSR count). The summed E-state index contributed by atoms with van der Waals surface area (Å²) >= 11 is 7.54. The highest BCUT2D eigenvalue weighted by Gasteiger charge is 2.24. The molecule has 0 spiro atoms. The molecular weight excluding hydrogens is 470 g/mol. The number of hydrogen-bond acceptors (Lipinski definition) is 6. The van der Waals surface area contributed by atoms with Crippen LogP contribution >= 0.6 is 23.4 Å². The molecule has 1 aliphatic rings. The first-order valence-corrected chi connectivity index (χ1v) is 12.0. The van der Waals surface area contributed by atoms with Crippen molar-refractivity contribution in [2.24, 2.45) is 16.6 Å². The first-order chi connectivity index (χ1) is 16.3. The summed E-state index contributed by atoms with van der Waals surface area (Å²) in [6.07, 6.45) is 4.14. The number of carbonyl (C=O) groups is 2. The van der Waals surface area contributed by atoms with Crippen molar-refractivity contribution in [1.29, 1.82) is 0 Å². The number of nitrogens with two attached hydrogens (primary N) is 1. The van der Waals surface area contributed by atoms with Gasteiger partial charge in [-0.3, -0.25) is 14.6 Å². The second-order valence-corrected chi connectivity index (χ2v) is 9.77. The van der Waals surface area contributed by atoms with Gasteiger partial charge in [-0.2, -0.15) is 0 Å². The topological polar surface area (TPSA) is 109 Å². The molecule has 34 heavy (non-hydrogen) atoms. The summed E-state index contributed by atoms with van der Waals surface area (Å²) in [5, 5.41) is 7.36. The van der Waals surface area contributed by atoms with Crippen molar-refractivity contribution in [3.05, 3.63) is 70.2 Å². The molecule has 0 unspecified atom stereocenters. The number of thioether (sulfide) groups is 1. The van der Waals surface area contributed by atoms with Crippen LogP contribution in [0, 0.1) is 5.92 Å². The fourth-order valence-corrected chi connectivity index (χ4v) is 4.45. The van der Waals surface area contributed by atoms with E-state index in [4.69, 9.17) is 17.3 Å². The van der Waals surface area contributed by atoms with E-state index in [-0.39, 0.29) is 11.8 Å². The van der Waals surface area contributed by atoms with E-state index in [2.05, 4.69) is 20.6 Å². The third-order valence-corrected chi connectivity index (χ3v) is 6.30. The Bertz CT molecular complexity index is 1320. The lowest BCUT2D eigenvalue weighted by atomic mass is 10.0. The number of anilines is 1. The number of amidine groups is 1. The summed E-state index contributed by atoms with van der Waals surface area (Å²) in [5.74, 6) is -0.200. The molecule has 2 amide bonds. The van der Waals surface area contributed by atoms with Gasteiger partial charge in [0.05, 0.1) is 27.2 Å². The molecule has 1 saturated heterocycles. The lowest BCUT2D eigenvalue weighted by Crippen LogP contribution is -2.36. The van der Waals surface area contributed by atoms with Crippen molar-refractivity contribution in [1.82, 2.24) is 10.3 Å². The van der Waals surface area contributed by atoms with E-state index >= 15 is 0 Å². The molecular formula is C25H24ClN5O2S. The number of amides is 2. The zero-order valence-corrected chi connectivity index (χ0v) is 20.3. The number of pyridine rings is 1. The van der Waals surface area contributed by atoms with Crippen LogP contribution in [0.1, 0.15) is 25.8 Å². The number of fused-ring (bicyclic) bond motifs is 1. The zero-order chi connectivity index (χ0) is 24.2. The molecule has 0 bridgehead atoms. The minimum atomic E-state index is -0.603. The molecule has 1 aliphatic heterocycles. The van der Waals surface area contributed by atoms with Crippen molar-refractivity contribution in [3.63, 3.8) is 0 Å². The Morgan fingerprint density at radius 2 is 2.09 bits per heavy atom.